The highest BCUT2D eigenvalue weighted by atomic mass is 16.1. The molecule has 2 unspecified atom stereocenters. The van der Waals surface area contributed by atoms with Gasteiger partial charge < -0.3 is 5.32 Å². The molecular formula is C22H45NO. The number of hydrogen-bond acceptors (Lipinski definition) is 1. The first-order valence-electron chi connectivity index (χ1n) is 10.7. The van der Waals surface area contributed by atoms with Gasteiger partial charge in [0.05, 0.1) is 0 Å². The first-order valence-corrected chi connectivity index (χ1v) is 10.7. The first-order chi connectivity index (χ1) is 11.4. The van der Waals surface area contributed by atoms with Crippen molar-refractivity contribution in [2.24, 2.45) is 23.7 Å². The molecule has 1 N–H and O–H groups in total. The minimum absolute atomic E-state index is 0.245. The lowest BCUT2D eigenvalue weighted by Crippen LogP contribution is -2.24. The van der Waals surface area contributed by atoms with Crippen molar-refractivity contribution in [2.75, 3.05) is 6.54 Å². The Balaban J connectivity index is 3.71. The molecule has 0 rings (SSSR count). The maximum Gasteiger partial charge on any atom is 0.220 e. The van der Waals surface area contributed by atoms with Gasteiger partial charge in [-0.2, -0.15) is 0 Å². The molecule has 2 nitrogen and oxygen atoms in total. The van der Waals surface area contributed by atoms with E-state index in [0.717, 1.165) is 37.1 Å². The van der Waals surface area contributed by atoms with Crippen LogP contribution in [-0.2, 0) is 4.79 Å². The molecule has 0 aromatic carbocycles. The third-order valence-corrected chi connectivity index (χ3v) is 5.50. The summed E-state index contributed by atoms with van der Waals surface area (Å²) in [6, 6.07) is 0. The number of amides is 1. The normalized spacial score (nSPS) is 14.2. The number of carbonyl (C=O) groups excluding carboxylic acids is 1. The summed E-state index contributed by atoms with van der Waals surface area (Å²) in [7, 11) is 0. The van der Waals surface area contributed by atoms with E-state index in [-0.39, 0.29) is 5.91 Å². The molecule has 2 heteroatoms. The summed E-state index contributed by atoms with van der Waals surface area (Å²) in [6.07, 6.45) is 12.0. The summed E-state index contributed by atoms with van der Waals surface area (Å²) in [5, 5.41) is 3.11. The Morgan fingerprint density at radius 1 is 0.833 bits per heavy atom. The number of rotatable bonds is 15. The third-order valence-electron chi connectivity index (χ3n) is 5.50. The molecule has 0 aliphatic rings. The van der Waals surface area contributed by atoms with Crippen molar-refractivity contribution < 1.29 is 4.79 Å². The number of hydrogen-bond donors (Lipinski definition) is 1. The van der Waals surface area contributed by atoms with Crippen molar-refractivity contribution in [3.63, 3.8) is 0 Å². The fourth-order valence-electron chi connectivity index (χ4n) is 3.76. The van der Waals surface area contributed by atoms with Crippen LogP contribution in [-0.4, -0.2) is 12.5 Å². The van der Waals surface area contributed by atoms with Gasteiger partial charge in [0.15, 0.2) is 0 Å². The van der Waals surface area contributed by atoms with Gasteiger partial charge in [0.1, 0.15) is 0 Å². The molecule has 0 aromatic heterocycles. The Morgan fingerprint density at radius 3 is 2.00 bits per heavy atom. The second-order valence-electron chi connectivity index (χ2n) is 8.31. The number of nitrogens with one attached hydrogen (secondary N) is 1. The van der Waals surface area contributed by atoms with Gasteiger partial charge in [-0.15, -0.1) is 0 Å². The Labute approximate surface area is 152 Å². The zero-order valence-corrected chi connectivity index (χ0v) is 17.5. The summed E-state index contributed by atoms with van der Waals surface area (Å²) >= 11 is 0. The molecule has 1 amide bonds. The molecule has 0 heterocycles. The van der Waals surface area contributed by atoms with Gasteiger partial charge in [0.2, 0.25) is 5.91 Å². The van der Waals surface area contributed by atoms with E-state index in [1.807, 2.05) is 0 Å². The quantitative estimate of drug-likeness (QED) is 0.335. The van der Waals surface area contributed by atoms with Crippen molar-refractivity contribution >= 4 is 5.91 Å². The maximum atomic E-state index is 11.9. The van der Waals surface area contributed by atoms with Crippen molar-refractivity contribution in [3.8, 4) is 0 Å². The molecule has 0 bridgehead atoms. The van der Waals surface area contributed by atoms with Crippen molar-refractivity contribution in [1.29, 1.82) is 0 Å². The lowest BCUT2D eigenvalue weighted by Gasteiger charge is -2.20. The fraction of sp³-hybridized carbons (Fsp3) is 0.955. The van der Waals surface area contributed by atoms with Gasteiger partial charge in [-0.05, 0) is 49.4 Å². The van der Waals surface area contributed by atoms with Gasteiger partial charge >= 0.3 is 0 Å². The van der Waals surface area contributed by atoms with Crippen molar-refractivity contribution in [2.45, 2.75) is 106 Å². The van der Waals surface area contributed by atoms with Crippen LogP contribution in [0.5, 0.6) is 0 Å². The Hall–Kier alpha value is -0.530. The second kappa shape index (κ2) is 14.8. The molecule has 0 saturated heterocycles. The predicted molar refractivity (Wildman–Crippen MR) is 107 cm³/mol. The molecule has 0 aliphatic carbocycles. The molecule has 0 saturated carbocycles. The van der Waals surface area contributed by atoms with E-state index in [1.165, 1.54) is 44.9 Å². The van der Waals surface area contributed by atoms with E-state index < -0.39 is 0 Å². The molecule has 0 radical (unpaired) electrons. The zero-order valence-electron chi connectivity index (χ0n) is 17.5. The fourth-order valence-corrected chi connectivity index (χ4v) is 3.76. The highest BCUT2D eigenvalue weighted by molar-refractivity contribution is 5.75. The summed E-state index contributed by atoms with van der Waals surface area (Å²) in [6.45, 7) is 14.6. The second-order valence-corrected chi connectivity index (χ2v) is 8.31. The molecule has 0 aromatic rings. The largest absolute Gasteiger partial charge is 0.356 e. The highest BCUT2D eigenvalue weighted by Crippen LogP contribution is 2.25. The Bertz CT molecular complexity index is 296. The van der Waals surface area contributed by atoms with Crippen LogP contribution in [0.2, 0.25) is 0 Å². The summed E-state index contributed by atoms with van der Waals surface area (Å²) in [4.78, 5) is 11.9. The first kappa shape index (κ1) is 23.5. The van der Waals surface area contributed by atoms with Crippen LogP contribution in [0.1, 0.15) is 106 Å². The van der Waals surface area contributed by atoms with Crippen LogP contribution in [0.3, 0.4) is 0 Å². The molecule has 144 valence electrons. The van der Waals surface area contributed by atoms with E-state index >= 15 is 0 Å². The minimum Gasteiger partial charge on any atom is -0.356 e. The van der Waals surface area contributed by atoms with Gasteiger partial charge in [0, 0.05) is 13.0 Å². The van der Waals surface area contributed by atoms with E-state index in [4.69, 9.17) is 0 Å². The smallest absolute Gasteiger partial charge is 0.220 e. The van der Waals surface area contributed by atoms with Crippen LogP contribution in [0.4, 0.5) is 0 Å². The summed E-state index contributed by atoms with van der Waals surface area (Å²) < 4.78 is 0. The van der Waals surface area contributed by atoms with E-state index in [1.54, 1.807) is 0 Å². The Kier molecular flexibility index (Phi) is 14.5. The molecule has 0 spiro atoms. The van der Waals surface area contributed by atoms with Crippen LogP contribution in [0.25, 0.3) is 0 Å². The van der Waals surface area contributed by atoms with E-state index in [9.17, 15) is 4.79 Å². The summed E-state index contributed by atoms with van der Waals surface area (Å²) in [5.41, 5.74) is 0. The molecule has 0 fully saturated rings. The average molecular weight is 340 g/mol. The predicted octanol–water partition coefficient (Wildman–Crippen LogP) is 6.59. The summed E-state index contributed by atoms with van der Waals surface area (Å²) in [5.74, 6) is 3.42. The molecule has 2 atom stereocenters. The van der Waals surface area contributed by atoms with Gasteiger partial charge in [-0.1, -0.05) is 73.6 Å². The zero-order chi connectivity index (χ0) is 18.4. The number of carbonyl (C=O) groups is 1. The van der Waals surface area contributed by atoms with Crippen LogP contribution in [0.15, 0.2) is 0 Å². The average Bonchev–Trinajstić information content (AvgIpc) is 2.55. The van der Waals surface area contributed by atoms with Crippen molar-refractivity contribution in [3.05, 3.63) is 0 Å². The van der Waals surface area contributed by atoms with E-state index in [2.05, 4.69) is 46.9 Å². The maximum absolute atomic E-state index is 11.9. The molecule has 0 aliphatic heterocycles. The SMILES string of the molecule is CCC(CC)CC(CC)CCCCNC(=O)CCC(C)CC(C)C. The monoisotopic (exact) mass is 339 g/mol. The Morgan fingerprint density at radius 2 is 1.46 bits per heavy atom. The van der Waals surface area contributed by atoms with Gasteiger partial charge in [-0.3, -0.25) is 4.79 Å². The van der Waals surface area contributed by atoms with Gasteiger partial charge in [-0.25, -0.2) is 0 Å². The highest BCUT2D eigenvalue weighted by Gasteiger charge is 2.12. The van der Waals surface area contributed by atoms with Crippen LogP contribution >= 0.6 is 0 Å². The van der Waals surface area contributed by atoms with Crippen LogP contribution < -0.4 is 5.32 Å². The topological polar surface area (TPSA) is 29.1 Å². The number of unbranched alkanes of at least 4 members (excludes halogenated alkanes) is 1. The lowest BCUT2D eigenvalue weighted by molar-refractivity contribution is -0.121. The standard InChI is InChI=1S/C22H45NO/c1-7-20(8-2)17-21(9-3)12-10-11-15-23-22(24)14-13-19(6)16-18(4)5/h18-21H,7-17H2,1-6H3,(H,23,24). The minimum atomic E-state index is 0.245. The third kappa shape index (κ3) is 12.8. The van der Waals surface area contributed by atoms with E-state index in [0.29, 0.717) is 12.3 Å². The van der Waals surface area contributed by atoms with Crippen LogP contribution in [0, 0.1) is 23.7 Å². The van der Waals surface area contributed by atoms with Crippen molar-refractivity contribution in [1.82, 2.24) is 5.32 Å². The molecular weight excluding hydrogens is 294 g/mol. The molecule has 24 heavy (non-hydrogen) atoms. The van der Waals surface area contributed by atoms with Gasteiger partial charge in [0.25, 0.3) is 0 Å². The lowest BCUT2D eigenvalue weighted by atomic mass is 9.86.